The summed E-state index contributed by atoms with van der Waals surface area (Å²) >= 11 is 3.78. The summed E-state index contributed by atoms with van der Waals surface area (Å²) in [5.74, 6) is -0.00937. The van der Waals surface area contributed by atoms with E-state index in [1.807, 2.05) is 0 Å². The van der Waals surface area contributed by atoms with Crippen molar-refractivity contribution < 1.29 is 4.79 Å². The van der Waals surface area contributed by atoms with Crippen LogP contribution in [0, 0.1) is 0 Å². The minimum Gasteiger partial charge on any atom is -0.368 e. The molecule has 8 heavy (non-hydrogen) atoms. The van der Waals surface area contributed by atoms with Crippen LogP contribution in [0.25, 0.3) is 0 Å². The van der Waals surface area contributed by atoms with Crippen LogP contribution in [0.1, 0.15) is 0 Å². The van der Waals surface area contributed by atoms with Crippen molar-refractivity contribution in [2.24, 2.45) is 11.5 Å². The normalized spacial score (nSPS) is 13.2. The molecule has 0 aliphatic rings. The van der Waals surface area contributed by atoms with Crippen LogP contribution in [0.5, 0.6) is 0 Å². The highest BCUT2D eigenvalue weighted by Gasteiger charge is 2.06. The lowest BCUT2D eigenvalue weighted by atomic mass is 10.4. The molecule has 0 spiro atoms. The van der Waals surface area contributed by atoms with Crippen LogP contribution < -0.4 is 11.5 Å². The average Bonchev–Trinajstić information content (AvgIpc) is 1.67. The first kappa shape index (κ1) is 8.13. The van der Waals surface area contributed by atoms with Gasteiger partial charge in [0, 0.05) is 5.75 Å². The molecular formula is C3H8N2OS2. The van der Waals surface area contributed by atoms with Crippen LogP contribution in [-0.2, 0) is 4.79 Å². The first-order valence-electron chi connectivity index (χ1n) is 1.99. The Morgan fingerprint density at radius 3 is 2.50 bits per heavy atom. The van der Waals surface area contributed by atoms with Crippen LogP contribution in [0.2, 0.25) is 0 Å². The largest absolute Gasteiger partial charge is 0.368 e. The van der Waals surface area contributed by atoms with Crippen LogP contribution in [0.4, 0.5) is 0 Å². The minimum atomic E-state index is -0.558. The smallest absolute Gasteiger partial charge is 0.235 e. The second-order valence-corrected chi connectivity index (χ2v) is 2.67. The number of hydrogen-bond donors (Lipinski definition) is 3. The molecule has 0 radical (unpaired) electrons. The van der Waals surface area contributed by atoms with Gasteiger partial charge >= 0.3 is 0 Å². The van der Waals surface area contributed by atoms with Crippen molar-refractivity contribution >= 4 is 28.4 Å². The van der Waals surface area contributed by atoms with Crippen LogP contribution in [0.15, 0.2) is 0 Å². The highest BCUT2D eigenvalue weighted by atomic mass is 33.1. The lowest BCUT2D eigenvalue weighted by Gasteiger charge is -2.01. The van der Waals surface area contributed by atoms with E-state index in [1.165, 1.54) is 10.8 Å². The number of nitrogens with two attached hydrogens (primary N) is 2. The Kier molecular flexibility index (Phi) is 4.12. The van der Waals surface area contributed by atoms with E-state index in [0.29, 0.717) is 5.75 Å². The summed E-state index contributed by atoms with van der Waals surface area (Å²) in [6.45, 7) is 0. The number of carbonyl (C=O) groups is 1. The van der Waals surface area contributed by atoms with E-state index in [-0.39, 0.29) is 0 Å². The molecule has 0 aliphatic heterocycles. The van der Waals surface area contributed by atoms with E-state index in [0.717, 1.165) is 0 Å². The molecule has 0 saturated heterocycles. The maximum atomic E-state index is 10.1. The number of carbonyl (C=O) groups excluding carboxylic acids is 1. The first-order chi connectivity index (χ1) is 3.68. The van der Waals surface area contributed by atoms with Gasteiger partial charge in [-0.05, 0) is 0 Å². The molecule has 0 bridgehead atoms. The van der Waals surface area contributed by atoms with E-state index >= 15 is 0 Å². The topological polar surface area (TPSA) is 69.1 Å². The fourth-order valence-corrected chi connectivity index (χ4v) is 0.969. The molecule has 1 atom stereocenters. The van der Waals surface area contributed by atoms with Crippen molar-refractivity contribution in [1.82, 2.24) is 0 Å². The second-order valence-electron chi connectivity index (χ2n) is 1.30. The van der Waals surface area contributed by atoms with Gasteiger partial charge in [-0.15, -0.1) is 11.7 Å². The van der Waals surface area contributed by atoms with Crippen molar-refractivity contribution in [3.05, 3.63) is 0 Å². The van der Waals surface area contributed by atoms with Crippen LogP contribution in [0.3, 0.4) is 0 Å². The minimum absolute atomic E-state index is 0.471. The first-order valence-corrected chi connectivity index (χ1v) is 4.03. The highest BCUT2D eigenvalue weighted by molar-refractivity contribution is 8.68. The lowest BCUT2D eigenvalue weighted by molar-refractivity contribution is -0.118. The standard InChI is InChI=1S/C3H8N2OS2/c4-2(1-8-7)3(5)6/h2,7H,1,4H2,(H2,5,6)/t2-/m0/s1. The number of amides is 1. The summed E-state index contributed by atoms with van der Waals surface area (Å²) in [4.78, 5) is 10.1. The predicted molar refractivity (Wildman–Crippen MR) is 38.6 cm³/mol. The summed E-state index contributed by atoms with van der Waals surface area (Å²) in [5.41, 5.74) is 9.99. The molecule has 0 aromatic rings. The Hall–Kier alpha value is 0.130. The number of primary amides is 1. The number of thiol groups is 1. The molecule has 0 rings (SSSR count). The molecule has 48 valence electrons. The van der Waals surface area contributed by atoms with E-state index in [2.05, 4.69) is 11.7 Å². The van der Waals surface area contributed by atoms with E-state index in [4.69, 9.17) is 11.5 Å². The van der Waals surface area contributed by atoms with Gasteiger partial charge in [-0.3, -0.25) is 4.79 Å². The SMILES string of the molecule is NC(=O)[C@@H](N)CSS. The Morgan fingerprint density at radius 2 is 2.38 bits per heavy atom. The van der Waals surface area contributed by atoms with E-state index in [9.17, 15) is 4.79 Å². The van der Waals surface area contributed by atoms with Crippen molar-refractivity contribution in [3.8, 4) is 0 Å². The maximum Gasteiger partial charge on any atom is 0.235 e. The van der Waals surface area contributed by atoms with Gasteiger partial charge in [0.1, 0.15) is 0 Å². The molecule has 5 heteroatoms. The van der Waals surface area contributed by atoms with Gasteiger partial charge in [0.25, 0.3) is 0 Å². The van der Waals surface area contributed by atoms with E-state index in [1.54, 1.807) is 0 Å². The summed E-state index contributed by atoms with van der Waals surface area (Å²) in [6.07, 6.45) is 0. The Balaban J connectivity index is 3.32. The fraction of sp³-hybridized carbons (Fsp3) is 0.667. The molecule has 0 aliphatic carbocycles. The van der Waals surface area contributed by atoms with Gasteiger partial charge in [0.05, 0.1) is 6.04 Å². The predicted octanol–water partition coefficient (Wildman–Crippen LogP) is -0.623. The zero-order valence-corrected chi connectivity index (χ0v) is 5.91. The third kappa shape index (κ3) is 3.17. The van der Waals surface area contributed by atoms with E-state index < -0.39 is 11.9 Å². The summed E-state index contributed by atoms with van der Waals surface area (Å²) < 4.78 is 0. The Bertz CT molecular complexity index is 87.4. The highest BCUT2D eigenvalue weighted by Crippen LogP contribution is 2.04. The van der Waals surface area contributed by atoms with Crippen LogP contribution >= 0.6 is 22.5 Å². The molecular weight excluding hydrogens is 144 g/mol. The van der Waals surface area contributed by atoms with Crippen molar-refractivity contribution in [2.75, 3.05) is 5.75 Å². The zero-order chi connectivity index (χ0) is 6.57. The van der Waals surface area contributed by atoms with Crippen molar-refractivity contribution in [1.29, 1.82) is 0 Å². The Labute approximate surface area is 57.0 Å². The average molecular weight is 152 g/mol. The third-order valence-electron chi connectivity index (χ3n) is 0.620. The quantitative estimate of drug-likeness (QED) is 0.373. The molecule has 0 saturated carbocycles. The van der Waals surface area contributed by atoms with Gasteiger partial charge in [-0.1, -0.05) is 10.8 Å². The second kappa shape index (κ2) is 4.05. The molecule has 0 unspecified atom stereocenters. The summed E-state index contributed by atoms with van der Waals surface area (Å²) in [6, 6.07) is -0.558. The van der Waals surface area contributed by atoms with Crippen LogP contribution in [-0.4, -0.2) is 17.7 Å². The van der Waals surface area contributed by atoms with Gasteiger partial charge in [0.15, 0.2) is 0 Å². The van der Waals surface area contributed by atoms with Gasteiger partial charge in [-0.25, -0.2) is 0 Å². The summed E-state index contributed by atoms with van der Waals surface area (Å²) in [5, 5.41) is 0. The zero-order valence-electron chi connectivity index (χ0n) is 4.20. The molecule has 3 nitrogen and oxygen atoms in total. The van der Waals surface area contributed by atoms with Gasteiger partial charge < -0.3 is 11.5 Å². The molecule has 1 amide bonds. The van der Waals surface area contributed by atoms with Gasteiger partial charge in [-0.2, -0.15) is 0 Å². The lowest BCUT2D eigenvalue weighted by Crippen LogP contribution is -2.38. The maximum absolute atomic E-state index is 10.1. The molecule has 0 fully saturated rings. The molecule has 0 aromatic carbocycles. The summed E-state index contributed by atoms with van der Waals surface area (Å²) in [7, 11) is 1.21. The van der Waals surface area contributed by atoms with Crippen molar-refractivity contribution in [3.63, 3.8) is 0 Å². The molecule has 0 aromatic heterocycles. The molecule has 4 N–H and O–H groups in total. The Morgan fingerprint density at radius 1 is 1.88 bits per heavy atom. The third-order valence-corrected chi connectivity index (χ3v) is 1.57. The monoisotopic (exact) mass is 152 g/mol. The number of hydrogen-bond acceptors (Lipinski definition) is 4. The van der Waals surface area contributed by atoms with Crippen molar-refractivity contribution in [2.45, 2.75) is 6.04 Å². The fourth-order valence-electron chi connectivity index (χ4n) is 0.162. The molecule has 0 heterocycles. The number of rotatable bonds is 3. The van der Waals surface area contributed by atoms with Gasteiger partial charge in [0.2, 0.25) is 5.91 Å².